The molecule has 2 aromatic heterocycles. The Morgan fingerprint density at radius 3 is 2.93 bits per heavy atom. The van der Waals surface area contributed by atoms with Gasteiger partial charge in [-0.15, -0.1) is 0 Å². The molecule has 3 rings (SSSR count). The molecule has 28 heavy (non-hydrogen) atoms. The van der Waals surface area contributed by atoms with Gasteiger partial charge in [0.2, 0.25) is 0 Å². The van der Waals surface area contributed by atoms with E-state index in [4.69, 9.17) is 10.5 Å². The summed E-state index contributed by atoms with van der Waals surface area (Å²) < 4.78 is 9.69. The quantitative estimate of drug-likeness (QED) is 0.497. The lowest BCUT2D eigenvalue weighted by Crippen LogP contribution is -2.16. The number of rotatable bonds is 11. The van der Waals surface area contributed by atoms with E-state index in [1.54, 1.807) is 10.8 Å². The highest BCUT2D eigenvalue weighted by Crippen LogP contribution is 2.23. The van der Waals surface area contributed by atoms with Crippen LogP contribution in [0.4, 0.5) is 0 Å². The van der Waals surface area contributed by atoms with Crippen molar-refractivity contribution in [2.45, 2.75) is 51.8 Å². The van der Waals surface area contributed by atoms with Crippen molar-refractivity contribution < 1.29 is 14.6 Å². The number of nitrogens with two attached hydrogens (primary N) is 1. The molecule has 0 radical (unpaired) electrons. The van der Waals surface area contributed by atoms with Crippen molar-refractivity contribution in [3.05, 3.63) is 48.7 Å². The van der Waals surface area contributed by atoms with Crippen LogP contribution in [0.1, 0.15) is 43.1 Å². The lowest BCUT2D eigenvalue weighted by molar-refractivity contribution is 0.0995. The average Bonchev–Trinajstić information content (AvgIpc) is 3.29. The maximum absolute atomic E-state index is 11.1. The molecule has 0 spiro atoms. The monoisotopic (exact) mass is 384 g/mol. The molecular weight excluding hydrogens is 356 g/mol. The summed E-state index contributed by atoms with van der Waals surface area (Å²) in [6.45, 7) is 4.09. The SMILES string of the molecule is CCCCOc1ccc2ccn(CCCC(O)Cn3cnc(C(N)=O)c3)c2c1. The van der Waals surface area contributed by atoms with Crippen LogP contribution in [0.15, 0.2) is 43.0 Å². The number of ether oxygens (including phenoxy) is 1. The smallest absolute Gasteiger partial charge is 0.268 e. The molecule has 2 heterocycles. The minimum absolute atomic E-state index is 0.211. The van der Waals surface area contributed by atoms with Gasteiger partial charge in [0.05, 0.1) is 24.6 Å². The fraction of sp³-hybridized carbons (Fsp3) is 0.429. The molecule has 1 unspecified atom stereocenters. The number of aliphatic hydroxyl groups excluding tert-OH is 1. The van der Waals surface area contributed by atoms with E-state index >= 15 is 0 Å². The molecular formula is C21H28N4O3. The van der Waals surface area contributed by atoms with E-state index < -0.39 is 12.0 Å². The number of aliphatic hydroxyl groups is 1. The lowest BCUT2D eigenvalue weighted by atomic mass is 10.2. The van der Waals surface area contributed by atoms with Gasteiger partial charge in [-0.1, -0.05) is 13.3 Å². The average molecular weight is 384 g/mol. The van der Waals surface area contributed by atoms with Crippen LogP contribution in [0, 0.1) is 0 Å². The zero-order chi connectivity index (χ0) is 19.9. The van der Waals surface area contributed by atoms with Gasteiger partial charge < -0.3 is 24.7 Å². The highest BCUT2D eigenvalue weighted by atomic mass is 16.5. The summed E-state index contributed by atoms with van der Waals surface area (Å²) in [5, 5.41) is 11.4. The van der Waals surface area contributed by atoms with E-state index in [9.17, 15) is 9.90 Å². The fourth-order valence-corrected chi connectivity index (χ4v) is 3.20. The van der Waals surface area contributed by atoms with Crippen molar-refractivity contribution in [3.63, 3.8) is 0 Å². The Bertz CT molecular complexity index is 915. The Morgan fingerprint density at radius 1 is 1.32 bits per heavy atom. The zero-order valence-corrected chi connectivity index (χ0v) is 16.3. The van der Waals surface area contributed by atoms with Crippen molar-refractivity contribution in [2.24, 2.45) is 5.73 Å². The number of amides is 1. The third-order valence-electron chi connectivity index (χ3n) is 4.76. The number of carbonyl (C=O) groups excluding carboxylic acids is 1. The maximum Gasteiger partial charge on any atom is 0.268 e. The molecule has 3 N–H and O–H groups in total. The number of hydrogen-bond donors (Lipinski definition) is 2. The lowest BCUT2D eigenvalue weighted by Gasteiger charge is -2.12. The zero-order valence-electron chi connectivity index (χ0n) is 16.3. The molecule has 1 aromatic carbocycles. The van der Waals surface area contributed by atoms with Crippen LogP contribution >= 0.6 is 0 Å². The summed E-state index contributed by atoms with van der Waals surface area (Å²) in [7, 11) is 0. The first-order valence-corrected chi connectivity index (χ1v) is 9.78. The van der Waals surface area contributed by atoms with Crippen LogP contribution in [0.3, 0.4) is 0 Å². The summed E-state index contributed by atoms with van der Waals surface area (Å²) in [6.07, 6.45) is 8.29. The van der Waals surface area contributed by atoms with Crippen molar-refractivity contribution in [1.82, 2.24) is 14.1 Å². The minimum Gasteiger partial charge on any atom is -0.494 e. The topological polar surface area (TPSA) is 95.3 Å². The van der Waals surface area contributed by atoms with E-state index in [0.29, 0.717) is 13.0 Å². The number of unbranched alkanes of at least 4 members (excludes halogenated alkanes) is 1. The van der Waals surface area contributed by atoms with Crippen LogP contribution in [-0.2, 0) is 13.1 Å². The van der Waals surface area contributed by atoms with Gasteiger partial charge >= 0.3 is 0 Å². The van der Waals surface area contributed by atoms with Crippen molar-refractivity contribution >= 4 is 16.8 Å². The van der Waals surface area contributed by atoms with Crippen molar-refractivity contribution in [1.29, 1.82) is 0 Å². The Hall–Kier alpha value is -2.80. The van der Waals surface area contributed by atoms with Gasteiger partial charge in [-0.05, 0) is 42.8 Å². The molecule has 0 aliphatic rings. The molecule has 7 nitrogen and oxygen atoms in total. The molecule has 0 fully saturated rings. The van der Waals surface area contributed by atoms with Crippen LogP contribution in [0.5, 0.6) is 5.75 Å². The van der Waals surface area contributed by atoms with E-state index in [1.807, 2.05) is 6.07 Å². The summed E-state index contributed by atoms with van der Waals surface area (Å²) >= 11 is 0. The van der Waals surface area contributed by atoms with Gasteiger partial charge in [0.25, 0.3) is 5.91 Å². The van der Waals surface area contributed by atoms with Gasteiger partial charge in [-0.2, -0.15) is 0 Å². The van der Waals surface area contributed by atoms with Crippen LogP contribution in [0.2, 0.25) is 0 Å². The number of aromatic nitrogens is 3. The highest BCUT2D eigenvalue weighted by molar-refractivity contribution is 5.90. The standard InChI is InChI=1S/C21H28N4O3/c1-2-3-11-28-18-7-6-16-8-10-25(20(16)12-18)9-4-5-17(26)13-24-14-19(21(22)27)23-15-24/h6-8,10,12,14-15,17,26H,2-5,9,11,13H2,1H3,(H2,22,27). The first-order chi connectivity index (χ1) is 13.6. The largest absolute Gasteiger partial charge is 0.494 e. The number of fused-ring (bicyclic) bond motifs is 1. The first-order valence-electron chi connectivity index (χ1n) is 9.78. The summed E-state index contributed by atoms with van der Waals surface area (Å²) in [5.74, 6) is 0.331. The molecule has 0 aliphatic heterocycles. The van der Waals surface area contributed by atoms with Crippen LogP contribution in [0.25, 0.3) is 10.9 Å². The first kappa shape index (κ1) is 19.9. The molecule has 150 valence electrons. The number of imidazole rings is 1. The molecule has 0 bridgehead atoms. The molecule has 7 heteroatoms. The van der Waals surface area contributed by atoms with Crippen LogP contribution < -0.4 is 10.5 Å². The Balaban J connectivity index is 1.52. The van der Waals surface area contributed by atoms with Crippen molar-refractivity contribution in [2.75, 3.05) is 6.61 Å². The van der Waals surface area contributed by atoms with Crippen LogP contribution in [-0.4, -0.2) is 37.8 Å². The number of nitrogens with zero attached hydrogens (tertiary/aromatic N) is 3. The van der Waals surface area contributed by atoms with E-state index in [-0.39, 0.29) is 5.69 Å². The summed E-state index contributed by atoms with van der Waals surface area (Å²) in [6, 6.07) is 8.27. The molecule has 0 aliphatic carbocycles. The second kappa shape index (κ2) is 9.41. The molecule has 3 aromatic rings. The number of aryl methyl sites for hydroxylation is 1. The maximum atomic E-state index is 11.1. The van der Waals surface area contributed by atoms with Gasteiger partial charge in [0.15, 0.2) is 0 Å². The van der Waals surface area contributed by atoms with E-state index in [0.717, 1.165) is 43.7 Å². The summed E-state index contributed by atoms with van der Waals surface area (Å²) in [4.78, 5) is 15.0. The second-order valence-electron chi connectivity index (χ2n) is 7.05. The number of benzene rings is 1. The molecule has 0 saturated heterocycles. The van der Waals surface area contributed by atoms with Gasteiger partial charge in [-0.3, -0.25) is 4.79 Å². The normalized spacial score (nSPS) is 12.4. The number of hydrogen-bond acceptors (Lipinski definition) is 4. The van der Waals surface area contributed by atoms with Gasteiger partial charge in [0, 0.05) is 31.5 Å². The fourth-order valence-electron chi connectivity index (χ4n) is 3.20. The highest BCUT2D eigenvalue weighted by Gasteiger charge is 2.10. The Labute approximate surface area is 164 Å². The molecule has 1 amide bonds. The van der Waals surface area contributed by atoms with E-state index in [1.165, 1.54) is 11.7 Å². The third-order valence-corrected chi connectivity index (χ3v) is 4.76. The molecule has 1 atom stereocenters. The predicted molar refractivity (Wildman–Crippen MR) is 108 cm³/mol. The summed E-state index contributed by atoms with van der Waals surface area (Å²) in [5.41, 5.74) is 6.55. The number of primary amides is 1. The molecule has 0 saturated carbocycles. The third kappa shape index (κ3) is 5.13. The predicted octanol–water partition coefficient (Wildman–Crippen LogP) is 2.96. The Morgan fingerprint density at radius 2 is 2.18 bits per heavy atom. The Kier molecular flexibility index (Phi) is 6.71. The minimum atomic E-state index is -0.564. The van der Waals surface area contributed by atoms with Gasteiger partial charge in [0.1, 0.15) is 11.4 Å². The van der Waals surface area contributed by atoms with Crippen molar-refractivity contribution in [3.8, 4) is 5.75 Å². The van der Waals surface area contributed by atoms with Gasteiger partial charge in [-0.25, -0.2) is 4.98 Å². The second-order valence-corrected chi connectivity index (χ2v) is 7.05. The van der Waals surface area contributed by atoms with E-state index in [2.05, 4.69) is 40.9 Å². The number of carbonyl (C=O) groups is 1.